The lowest BCUT2D eigenvalue weighted by molar-refractivity contribution is 0.0523. The Bertz CT molecular complexity index is 804. The Morgan fingerprint density at radius 2 is 2.14 bits per heavy atom. The summed E-state index contributed by atoms with van der Waals surface area (Å²) in [6.07, 6.45) is 2.61. The minimum absolute atomic E-state index is 0.0795. The summed E-state index contributed by atoms with van der Waals surface area (Å²) in [4.78, 5) is 15.4. The fourth-order valence-electron chi connectivity index (χ4n) is 4.32. The molecule has 2 saturated heterocycles. The van der Waals surface area contributed by atoms with E-state index < -0.39 is 0 Å². The molecule has 1 aromatic carbocycles. The van der Waals surface area contributed by atoms with Crippen LogP contribution in [-0.4, -0.2) is 55.3 Å². The largest absolute Gasteiger partial charge is 0.477 e. The Kier molecular flexibility index (Phi) is 6.39. The van der Waals surface area contributed by atoms with Gasteiger partial charge in [0.2, 0.25) is 0 Å². The van der Waals surface area contributed by atoms with Crippen LogP contribution >= 0.6 is 11.6 Å². The number of nitrogens with one attached hydrogen (secondary N) is 1. The molecule has 0 aromatic heterocycles. The van der Waals surface area contributed by atoms with Crippen LogP contribution in [0.3, 0.4) is 0 Å². The van der Waals surface area contributed by atoms with Gasteiger partial charge in [-0.1, -0.05) is 17.5 Å². The monoisotopic (exact) mass is 405 g/mol. The summed E-state index contributed by atoms with van der Waals surface area (Å²) in [5.74, 6) is 5.90. The summed E-state index contributed by atoms with van der Waals surface area (Å²) < 4.78 is 11.5. The maximum absolute atomic E-state index is 13.0. The highest BCUT2D eigenvalue weighted by Crippen LogP contribution is 2.36. The third-order valence-electron chi connectivity index (χ3n) is 5.75. The SMILES string of the molecule is CC#C[C@H](C)Oc1cc(N)c(Cl)cc1C(=O)N[C@@H]1CC2C[C@H](OC)C(C1)N2C. The van der Waals surface area contributed by atoms with Crippen molar-refractivity contribution in [2.45, 2.75) is 63.4 Å². The predicted molar refractivity (Wildman–Crippen MR) is 111 cm³/mol. The summed E-state index contributed by atoms with van der Waals surface area (Å²) in [6.45, 7) is 3.56. The van der Waals surface area contributed by atoms with Gasteiger partial charge in [0.15, 0.2) is 6.10 Å². The zero-order chi connectivity index (χ0) is 20.4. The number of nitrogens with zero attached hydrogens (tertiary/aromatic N) is 1. The van der Waals surface area contributed by atoms with Crippen LogP contribution in [0.4, 0.5) is 5.69 Å². The summed E-state index contributed by atoms with van der Waals surface area (Å²) in [6, 6.07) is 3.97. The molecule has 7 heteroatoms. The van der Waals surface area contributed by atoms with Crippen molar-refractivity contribution >= 4 is 23.2 Å². The van der Waals surface area contributed by atoms with Gasteiger partial charge in [-0.05, 0) is 46.2 Å². The smallest absolute Gasteiger partial charge is 0.255 e. The van der Waals surface area contributed by atoms with Crippen molar-refractivity contribution in [3.8, 4) is 17.6 Å². The quantitative estimate of drug-likeness (QED) is 0.581. The number of hydrogen-bond donors (Lipinski definition) is 2. The fourth-order valence-corrected chi connectivity index (χ4v) is 4.49. The van der Waals surface area contributed by atoms with E-state index in [0.29, 0.717) is 34.1 Å². The molecule has 2 aliphatic rings. The molecule has 0 spiro atoms. The highest BCUT2D eigenvalue weighted by Gasteiger charge is 2.45. The van der Waals surface area contributed by atoms with Crippen molar-refractivity contribution in [1.82, 2.24) is 10.2 Å². The van der Waals surface area contributed by atoms with Crippen molar-refractivity contribution < 1.29 is 14.3 Å². The Labute approximate surface area is 171 Å². The first-order valence-electron chi connectivity index (χ1n) is 9.57. The molecule has 28 heavy (non-hydrogen) atoms. The number of carbonyl (C=O) groups is 1. The van der Waals surface area contributed by atoms with Crippen molar-refractivity contribution in [3.05, 3.63) is 22.7 Å². The Morgan fingerprint density at radius 3 is 2.82 bits per heavy atom. The van der Waals surface area contributed by atoms with E-state index in [1.807, 2.05) is 6.92 Å². The number of rotatable bonds is 5. The molecule has 2 bridgehead atoms. The number of nitrogen functional groups attached to an aromatic ring is 1. The fraction of sp³-hybridized carbons (Fsp3) is 0.571. The lowest BCUT2D eigenvalue weighted by Gasteiger charge is -2.37. The summed E-state index contributed by atoms with van der Waals surface area (Å²) >= 11 is 6.17. The van der Waals surface area contributed by atoms with Gasteiger partial charge in [0, 0.05) is 31.3 Å². The van der Waals surface area contributed by atoms with Gasteiger partial charge < -0.3 is 20.5 Å². The third-order valence-corrected chi connectivity index (χ3v) is 6.08. The molecule has 6 nitrogen and oxygen atoms in total. The molecule has 2 fully saturated rings. The number of halogens is 1. The number of anilines is 1. The van der Waals surface area contributed by atoms with E-state index in [1.54, 1.807) is 26.2 Å². The number of ether oxygens (including phenoxy) is 2. The van der Waals surface area contributed by atoms with Crippen LogP contribution in [0.5, 0.6) is 5.75 Å². The zero-order valence-corrected chi connectivity index (χ0v) is 17.5. The van der Waals surface area contributed by atoms with Gasteiger partial charge in [-0.25, -0.2) is 0 Å². The van der Waals surface area contributed by atoms with E-state index in [4.69, 9.17) is 26.8 Å². The lowest BCUT2D eigenvalue weighted by atomic mass is 9.97. The second-order valence-corrected chi connectivity index (χ2v) is 7.97. The zero-order valence-electron chi connectivity index (χ0n) is 16.8. The van der Waals surface area contributed by atoms with Crippen LogP contribution < -0.4 is 15.8 Å². The summed E-state index contributed by atoms with van der Waals surface area (Å²) in [5, 5.41) is 3.49. The lowest BCUT2D eigenvalue weighted by Crippen LogP contribution is -2.50. The third kappa shape index (κ3) is 4.22. The summed E-state index contributed by atoms with van der Waals surface area (Å²) in [7, 11) is 3.89. The number of likely N-dealkylation sites (N-methyl/N-ethyl adjacent to an activating group) is 1. The molecule has 5 atom stereocenters. The molecule has 0 saturated carbocycles. The maximum Gasteiger partial charge on any atom is 0.255 e. The second kappa shape index (κ2) is 8.60. The van der Waals surface area contributed by atoms with Gasteiger partial charge >= 0.3 is 0 Å². The first-order valence-corrected chi connectivity index (χ1v) is 9.95. The number of amides is 1. The van der Waals surface area contributed by atoms with E-state index in [-0.39, 0.29) is 24.2 Å². The Hall–Kier alpha value is -1.94. The number of piperidine rings is 1. The van der Waals surface area contributed by atoms with Gasteiger partial charge in [0.05, 0.1) is 22.4 Å². The molecule has 1 aromatic rings. The molecule has 1 amide bonds. The minimum Gasteiger partial charge on any atom is -0.477 e. The van der Waals surface area contributed by atoms with E-state index in [9.17, 15) is 4.79 Å². The van der Waals surface area contributed by atoms with Crippen LogP contribution in [0.2, 0.25) is 5.02 Å². The normalized spacial score (nSPS) is 27.6. The van der Waals surface area contributed by atoms with Crippen LogP contribution in [-0.2, 0) is 4.74 Å². The molecule has 0 radical (unpaired) electrons. The number of nitrogens with two attached hydrogens (primary N) is 1. The van der Waals surface area contributed by atoms with E-state index in [1.165, 1.54) is 0 Å². The van der Waals surface area contributed by atoms with Gasteiger partial charge in [-0.3, -0.25) is 9.69 Å². The van der Waals surface area contributed by atoms with Crippen molar-refractivity contribution in [2.24, 2.45) is 0 Å². The Morgan fingerprint density at radius 1 is 1.39 bits per heavy atom. The molecule has 2 heterocycles. The highest BCUT2D eigenvalue weighted by molar-refractivity contribution is 6.33. The molecule has 2 unspecified atom stereocenters. The van der Waals surface area contributed by atoms with E-state index >= 15 is 0 Å². The van der Waals surface area contributed by atoms with Crippen LogP contribution in [0.25, 0.3) is 0 Å². The predicted octanol–water partition coefficient (Wildman–Crippen LogP) is 2.69. The molecule has 3 rings (SSSR count). The standard InChI is InChI=1S/C21H28ClN3O3/c1-5-6-12(2)28-19-11-17(23)16(22)10-15(19)21(26)24-13-7-14-9-20(27-4)18(8-13)25(14)3/h10-14,18,20H,7-9,23H2,1-4H3,(H,24,26)/t12-,13+,14?,18?,20-/m0/s1. The van der Waals surface area contributed by atoms with Crippen molar-refractivity contribution in [2.75, 3.05) is 19.9 Å². The topological polar surface area (TPSA) is 76.8 Å². The molecular formula is C21H28ClN3O3. The van der Waals surface area contributed by atoms with Gasteiger partial charge in [-0.2, -0.15) is 0 Å². The average Bonchev–Trinajstić information content (AvgIpc) is 2.82. The minimum atomic E-state index is -0.362. The van der Waals surface area contributed by atoms with Crippen molar-refractivity contribution in [1.29, 1.82) is 0 Å². The van der Waals surface area contributed by atoms with Crippen LogP contribution in [0, 0.1) is 11.8 Å². The van der Waals surface area contributed by atoms with E-state index in [0.717, 1.165) is 19.3 Å². The number of carbonyl (C=O) groups excluding carboxylic acids is 1. The molecular weight excluding hydrogens is 378 g/mol. The first kappa shape index (κ1) is 20.8. The van der Waals surface area contributed by atoms with E-state index in [2.05, 4.69) is 29.1 Å². The van der Waals surface area contributed by atoms with Crippen molar-refractivity contribution in [3.63, 3.8) is 0 Å². The molecule has 3 N–H and O–H groups in total. The number of hydrogen-bond acceptors (Lipinski definition) is 5. The Balaban J connectivity index is 1.77. The number of benzene rings is 1. The number of methoxy groups -OCH3 is 1. The van der Waals surface area contributed by atoms with Crippen LogP contribution in [0.1, 0.15) is 43.5 Å². The second-order valence-electron chi connectivity index (χ2n) is 7.56. The first-order chi connectivity index (χ1) is 13.3. The number of fused-ring (bicyclic) bond motifs is 2. The summed E-state index contributed by atoms with van der Waals surface area (Å²) in [5.41, 5.74) is 6.65. The van der Waals surface area contributed by atoms with Gasteiger partial charge in [0.1, 0.15) is 5.75 Å². The maximum atomic E-state index is 13.0. The molecule has 2 aliphatic heterocycles. The average molecular weight is 406 g/mol. The van der Waals surface area contributed by atoms with Gasteiger partial charge in [0.25, 0.3) is 5.91 Å². The molecule has 0 aliphatic carbocycles. The highest BCUT2D eigenvalue weighted by atomic mass is 35.5. The van der Waals surface area contributed by atoms with Crippen LogP contribution in [0.15, 0.2) is 12.1 Å². The molecule has 152 valence electrons. The van der Waals surface area contributed by atoms with Gasteiger partial charge in [-0.15, -0.1) is 5.92 Å².